The number of hydrogen-bond donors (Lipinski definition) is 2. The minimum atomic E-state index is -0.918. The highest BCUT2D eigenvalue weighted by Gasteiger charge is 2.26. The minimum absolute atomic E-state index is 0.0687. The van der Waals surface area contributed by atoms with Gasteiger partial charge in [-0.25, -0.2) is 4.39 Å². The molecule has 3 nitrogen and oxygen atoms in total. The van der Waals surface area contributed by atoms with Crippen LogP contribution in [0.4, 0.5) is 10.1 Å². The Bertz CT molecular complexity index is 1090. The normalized spacial score (nSPS) is 15.1. The van der Waals surface area contributed by atoms with Gasteiger partial charge < -0.3 is 10.4 Å². The maximum absolute atomic E-state index is 14.4. The third-order valence-electron chi connectivity index (χ3n) is 6.02. The molecule has 1 atom stereocenters. The zero-order valence-electron chi connectivity index (χ0n) is 17.3. The van der Waals surface area contributed by atoms with Gasteiger partial charge in [-0.3, -0.25) is 4.79 Å². The second-order valence-corrected chi connectivity index (χ2v) is 8.08. The van der Waals surface area contributed by atoms with Gasteiger partial charge in [0, 0.05) is 12.1 Å². The molecule has 30 heavy (non-hydrogen) atoms. The van der Waals surface area contributed by atoms with E-state index in [4.69, 9.17) is 5.11 Å². The molecule has 0 saturated heterocycles. The lowest BCUT2D eigenvalue weighted by Gasteiger charge is -2.18. The number of carbonyl (C=O) groups is 1. The van der Waals surface area contributed by atoms with Crippen LogP contribution in [0.2, 0.25) is 0 Å². The number of nitrogens with one attached hydrogen (secondary N) is 1. The second kappa shape index (κ2) is 8.31. The molecule has 0 aromatic heterocycles. The molecule has 2 N–H and O–H groups in total. The lowest BCUT2D eigenvalue weighted by molar-refractivity contribution is -0.136. The summed E-state index contributed by atoms with van der Waals surface area (Å²) in [6.45, 7) is 4.31. The highest BCUT2D eigenvalue weighted by molar-refractivity contribution is 5.76. The van der Waals surface area contributed by atoms with Crippen LogP contribution in [0, 0.1) is 19.7 Å². The van der Waals surface area contributed by atoms with Gasteiger partial charge in [-0.1, -0.05) is 42.5 Å². The summed E-state index contributed by atoms with van der Waals surface area (Å²) in [5, 5.41) is 12.3. The molecule has 1 aliphatic carbocycles. The van der Waals surface area contributed by atoms with Crippen molar-refractivity contribution in [2.45, 2.75) is 45.6 Å². The van der Waals surface area contributed by atoms with E-state index in [0.29, 0.717) is 5.56 Å². The van der Waals surface area contributed by atoms with Crippen molar-refractivity contribution < 1.29 is 14.3 Å². The van der Waals surface area contributed by atoms with E-state index >= 15 is 0 Å². The van der Waals surface area contributed by atoms with Crippen molar-refractivity contribution in [3.63, 3.8) is 0 Å². The first-order valence-corrected chi connectivity index (χ1v) is 10.4. The van der Waals surface area contributed by atoms with E-state index in [2.05, 4.69) is 55.6 Å². The van der Waals surface area contributed by atoms with E-state index in [9.17, 15) is 9.18 Å². The average molecular weight is 403 g/mol. The number of aryl methyl sites for hydroxylation is 3. The fourth-order valence-electron chi connectivity index (χ4n) is 4.56. The van der Waals surface area contributed by atoms with Gasteiger partial charge in [0.1, 0.15) is 5.82 Å². The number of fused-ring (bicyclic) bond motifs is 1. The number of anilines is 1. The number of halogens is 1. The third kappa shape index (κ3) is 3.95. The maximum Gasteiger partial charge on any atom is 0.303 e. The van der Waals surface area contributed by atoms with E-state index < -0.39 is 5.97 Å². The standard InChI is InChI=1S/C26H26FNO2/c1-16-5-3-6-17(2)26(16)22-8-4-7-21-20(22)12-13-24(21)28-19-11-9-18(23(27)15-19)10-14-25(29)30/h3-9,11,15,24,28H,10,12-14H2,1-2H3,(H,29,30). The molecular weight excluding hydrogens is 377 g/mol. The van der Waals surface area contributed by atoms with Crippen LogP contribution in [0.25, 0.3) is 11.1 Å². The molecule has 3 aromatic carbocycles. The van der Waals surface area contributed by atoms with Crippen LogP contribution in [-0.2, 0) is 17.6 Å². The van der Waals surface area contributed by atoms with Crippen molar-refractivity contribution in [3.8, 4) is 11.1 Å². The summed E-state index contributed by atoms with van der Waals surface area (Å²) < 4.78 is 14.4. The Morgan fingerprint density at radius 1 is 1.10 bits per heavy atom. The van der Waals surface area contributed by atoms with Crippen LogP contribution in [0.5, 0.6) is 0 Å². The average Bonchev–Trinajstić information content (AvgIpc) is 3.11. The van der Waals surface area contributed by atoms with E-state index in [-0.39, 0.29) is 24.7 Å². The highest BCUT2D eigenvalue weighted by Crippen LogP contribution is 2.41. The predicted octanol–water partition coefficient (Wildman–Crippen LogP) is 6.23. The maximum atomic E-state index is 14.4. The highest BCUT2D eigenvalue weighted by atomic mass is 19.1. The number of aliphatic carboxylic acids is 1. The monoisotopic (exact) mass is 403 g/mol. The van der Waals surface area contributed by atoms with Gasteiger partial charge in [-0.15, -0.1) is 0 Å². The molecule has 0 heterocycles. The Labute approximate surface area is 176 Å². The van der Waals surface area contributed by atoms with Gasteiger partial charge in [-0.05, 0) is 84.2 Å². The fraction of sp³-hybridized carbons (Fsp3) is 0.269. The Balaban J connectivity index is 1.59. The zero-order valence-corrected chi connectivity index (χ0v) is 17.3. The summed E-state index contributed by atoms with van der Waals surface area (Å²) in [5.41, 5.74) is 8.95. The SMILES string of the molecule is Cc1cccc(C)c1-c1cccc2c1CCC2Nc1ccc(CCC(=O)O)c(F)c1. The molecule has 0 saturated carbocycles. The summed E-state index contributed by atoms with van der Waals surface area (Å²) >= 11 is 0. The van der Waals surface area contributed by atoms with Crippen molar-refractivity contribution in [3.05, 3.63) is 88.2 Å². The van der Waals surface area contributed by atoms with Gasteiger partial charge >= 0.3 is 5.97 Å². The first kappa shape index (κ1) is 20.1. The Kier molecular flexibility index (Phi) is 5.58. The minimum Gasteiger partial charge on any atom is -0.481 e. The number of benzene rings is 3. The van der Waals surface area contributed by atoms with Crippen LogP contribution >= 0.6 is 0 Å². The molecule has 0 fully saturated rings. The lowest BCUT2D eigenvalue weighted by Crippen LogP contribution is -2.08. The van der Waals surface area contributed by atoms with Crippen LogP contribution in [0.1, 0.15) is 46.7 Å². The molecule has 4 rings (SSSR count). The second-order valence-electron chi connectivity index (χ2n) is 8.08. The topological polar surface area (TPSA) is 49.3 Å². The summed E-state index contributed by atoms with van der Waals surface area (Å²) in [7, 11) is 0. The van der Waals surface area contributed by atoms with E-state index in [1.165, 1.54) is 39.4 Å². The van der Waals surface area contributed by atoms with E-state index in [1.54, 1.807) is 6.07 Å². The van der Waals surface area contributed by atoms with Gasteiger partial charge in [0.2, 0.25) is 0 Å². The molecule has 0 aliphatic heterocycles. The summed E-state index contributed by atoms with van der Waals surface area (Å²) in [6, 6.07) is 18.0. The molecule has 1 unspecified atom stereocenters. The van der Waals surface area contributed by atoms with Crippen molar-refractivity contribution in [2.24, 2.45) is 0 Å². The van der Waals surface area contributed by atoms with Crippen LogP contribution in [0.3, 0.4) is 0 Å². The zero-order chi connectivity index (χ0) is 21.3. The Morgan fingerprint density at radius 2 is 1.83 bits per heavy atom. The Morgan fingerprint density at radius 3 is 2.53 bits per heavy atom. The van der Waals surface area contributed by atoms with Gasteiger partial charge in [0.15, 0.2) is 0 Å². The quantitative estimate of drug-likeness (QED) is 0.513. The number of hydrogen-bond acceptors (Lipinski definition) is 2. The first-order chi connectivity index (χ1) is 14.4. The summed E-state index contributed by atoms with van der Waals surface area (Å²) in [5.74, 6) is -1.28. The van der Waals surface area contributed by atoms with Crippen LogP contribution < -0.4 is 5.32 Å². The number of rotatable bonds is 6. The van der Waals surface area contributed by atoms with Crippen molar-refractivity contribution >= 4 is 11.7 Å². The predicted molar refractivity (Wildman–Crippen MR) is 118 cm³/mol. The van der Waals surface area contributed by atoms with Gasteiger partial charge in [-0.2, -0.15) is 0 Å². The molecule has 0 amide bonds. The molecule has 0 spiro atoms. The fourth-order valence-corrected chi connectivity index (χ4v) is 4.56. The van der Waals surface area contributed by atoms with E-state index in [0.717, 1.165) is 18.5 Å². The molecule has 154 valence electrons. The lowest BCUT2D eigenvalue weighted by atomic mass is 9.90. The van der Waals surface area contributed by atoms with Crippen molar-refractivity contribution in [1.29, 1.82) is 0 Å². The summed E-state index contributed by atoms with van der Waals surface area (Å²) in [4.78, 5) is 10.7. The first-order valence-electron chi connectivity index (χ1n) is 10.4. The van der Waals surface area contributed by atoms with Crippen LogP contribution in [0.15, 0.2) is 54.6 Å². The largest absolute Gasteiger partial charge is 0.481 e. The van der Waals surface area contributed by atoms with Crippen LogP contribution in [-0.4, -0.2) is 11.1 Å². The molecule has 4 heteroatoms. The molecule has 0 bridgehead atoms. The molecule has 3 aromatic rings. The van der Waals surface area contributed by atoms with Gasteiger partial charge in [0.25, 0.3) is 0 Å². The molecule has 1 aliphatic rings. The van der Waals surface area contributed by atoms with Gasteiger partial charge in [0.05, 0.1) is 6.04 Å². The molecular formula is C26H26FNO2. The molecule has 0 radical (unpaired) electrons. The Hall–Kier alpha value is -3.14. The number of carboxylic acids is 1. The van der Waals surface area contributed by atoms with Crippen molar-refractivity contribution in [2.75, 3.05) is 5.32 Å². The van der Waals surface area contributed by atoms with E-state index in [1.807, 2.05) is 6.07 Å². The summed E-state index contributed by atoms with van der Waals surface area (Å²) in [6.07, 6.45) is 2.07. The third-order valence-corrected chi connectivity index (χ3v) is 6.02. The van der Waals surface area contributed by atoms with Crippen molar-refractivity contribution in [1.82, 2.24) is 0 Å². The number of carboxylic acid groups (broad SMARTS) is 1. The smallest absolute Gasteiger partial charge is 0.303 e.